The molecule has 9 atom stereocenters. The molecule has 1 saturated heterocycles. The Morgan fingerprint density at radius 3 is 2.74 bits per heavy atom. The number of hydrogen-bond donors (Lipinski definition) is 1. The molecule has 0 aromatic carbocycles. The van der Waals surface area contributed by atoms with Gasteiger partial charge in [0.05, 0.1) is 18.1 Å². The van der Waals surface area contributed by atoms with Crippen LogP contribution >= 0.6 is 0 Å². The summed E-state index contributed by atoms with van der Waals surface area (Å²) in [4.78, 5) is 28.8. The van der Waals surface area contributed by atoms with Crippen molar-refractivity contribution in [1.82, 2.24) is 4.90 Å². The number of carbonyl (C=O) groups is 2. The normalized spacial score (nSPS) is 47.5. The van der Waals surface area contributed by atoms with Crippen LogP contribution in [0.4, 0.5) is 0 Å². The number of allylic oxidation sites excluding steroid dienone is 1. The van der Waals surface area contributed by atoms with Crippen molar-refractivity contribution >= 4 is 12.3 Å². The second-order valence-electron chi connectivity index (χ2n) is 12.2. The van der Waals surface area contributed by atoms with Crippen molar-refractivity contribution in [2.45, 2.75) is 65.8 Å². The van der Waals surface area contributed by atoms with Gasteiger partial charge in [0.2, 0.25) is 0 Å². The zero-order chi connectivity index (χ0) is 24.5. The summed E-state index contributed by atoms with van der Waals surface area (Å²) in [5.41, 5.74) is -1.68. The zero-order valence-corrected chi connectivity index (χ0v) is 21.2. The summed E-state index contributed by atoms with van der Waals surface area (Å²) in [6.45, 7) is 14.9. The molecule has 5 rings (SSSR count). The van der Waals surface area contributed by atoms with Crippen molar-refractivity contribution in [3.8, 4) is 0 Å². The first kappa shape index (κ1) is 24.2. The molecule has 1 N–H and O–H groups in total. The number of morpholine rings is 1. The number of ether oxygens (including phenoxy) is 2. The van der Waals surface area contributed by atoms with Crippen LogP contribution in [0.1, 0.15) is 53.4 Å². The quantitative estimate of drug-likeness (QED) is 0.423. The summed E-state index contributed by atoms with van der Waals surface area (Å²) < 4.78 is 12.7. The lowest BCUT2D eigenvalue weighted by molar-refractivity contribution is -0.235. The summed E-state index contributed by atoms with van der Waals surface area (Å²) in [5, 5.41) is 11.0. The third-order valence-electron chi connectivity index (χ3n) is 10.3. The highest BCUT2D eigenvalue weighted by Gasteiger charge is 2.84. The van der Waals surface area contributed by atoms with E-state index in [2.05, 4.69) is 38.3 Å². The van der Waals surface area contributed by atoms with Crippen LogP contribution in [0.25, 0.3) is 0 Å². The SMILES string of the molecule is C=CCN1CC(C)O[C@@H](OC[C@@]23C[C@@H]4[C@H](C)CC[C@H]4[C@@]4(C=O)C[C@@H]2C=C(C(C)C)[C@@]34C(=O)O)C1. The molecule has 6 nitrogen and oxygen atoms in total. The molecular formula is C28H41NO5. The fourth-order valence-electron chi connectivity index (χ4n) is 9.29. The first-order valence-corrected chi connectivity index (χ1v) is 13.2. The van der Waals surface area contributed by atoms with Crippen molar-refractivity contribution in [3.05, 3.63) is 24.3 Å². The van der Waals surface area contributed by atoms with Gasteiger partial charge in [-0.05, 0) is 55.8 Å². The Morgan fingerprint density at radius 1 is 1.32 bits per heavy atom. The minimum Gasteiger partial charge on any atom is -0.481 e. The number of aliphatic carboxylic acids is 1. The van der Waals surface area contributed by atoms with Gasteiger partial charge < -0.3 is 19.4 Å². The molecule has 1 unspecified atom stereocenters. The van der Waals surface area contributed by atoms with E-state index in [1.807, 2.05) is 13.0 Å². The van der Waals surface area contributed by atoms with Crippen LogP contribution in [-0.2, 0) is 19.1 Å². The summed E-state index contributed by atoms with van der Waals surface area (Å²) in [6.07, 6.45) is 8.30. The summed E-state index contributed by atoms with van der Waals surface area (Å²) in [6, 6.07) is 0. The summed E-state index contributed by atoms with van der Waals surface area (Å²) in [5.74, 6) is 0.315. The average molecular weight is 472 g/mol. The minimum atomic E-state index is -1.19. The van der Waals surface area contributed by atoms with E-state index in [9.17, 15) is 14.7 Å². The van der Waals surface area contributed by atoms with Crippen LogP contribution < -0.4 is 0 Å². The van der Waals surface area contributed by atoms with Gasteiger partial charge in [-0.15, -0.1) is 6.58 Å². The van der Waals surface area contributed by atoms with E-state index >= 15 is 0 Å². The number of carbonyl (C=O) groups excluding carboxylic acids is 1. The van der Waals surface area contributed by atoms with Gasteiger partial charge in [-0.25, -0.2) is 0 Å². The predicted octanol–water partition coefficient (Wildman–Crippen LogP) is 4.16. The molecule has 34 heavy (non-hydrogen) atoms. The second-order valence-corrected chi connectivity index (χ2v) is 12.2. The number of fused-ring (bicyclic) bond motifs is 2. The van der Waals surface area contributed by atoms with Gasteiger partial charge in [0.25, 0.3) is 0 Å². The van der Waals surface area contributed by atoms with Crippen molar-refractivity contribution in [3.63, 3.8) is 0 Å². The molecule has 1 aliphatic heterocycles. The van der Waals surface area contributed by atoms with Gasteiger partial charge in [0.15, 0.2) is 6.29 Å². The standard InChI is InChI=1S/C28H41NO5/c1-6-9-29-13-19(5)34-24(14-29)33-16-27-12-21-18(4)7-8-22(21)26(15-30)11-20(27)10-23(17(2)3)28(26,27)25(31)32/h6,10,15,17-22,24H,1,7-9,11-14,16H2,2-5H3,(H,31,32)/t18-,19?,20+,21-,22-,24-,26+,27+,28+/m1/s1. The van der Waals surface area contributed by atoms with Crippen LogP contribution in [0.5, 0.6) is 0 Å². The van der Waals surface area contributed by atoms with Crippen molar-refractivity contribution in [2.75, 3.05) is 26.2 Å². The van der Waals surface area contributed by atoms with E-state index in [-0.39, 0.29) is 23.9 Å². The maximum absolute atomic E-state index is 13.5. The zero-order valence-electron chi connectivity index (χ0n) is 21.2. The van der Waals surface area contributed by atoms with E-state index in [1.165, 1.54) is 0 Å². The molecule has 5 aliphatic rings. The summed E-state index contributed by atoms with van der Waals surface area (Å²) in [7, 11) is 0. The van der Waals surface area contributed by atoms with Gasteiger partial charge in [-0.2, -0.15) is 0 Å². The second kappa shape index (κ2) is 8.28. The molecule has 0 amide bonds. The number of nitrogens with zero attached hydrogens (tertiary/aromatic N) is 1. The maximum atomic E-state index is 13.5. The molecule has 4 fully saturated rings. The lowest BCUT2D eigenvalue weighted by Crippen LogP contribution is -2.64. The van der Waals surface area contributed by atoms with E-state index in [0.717, 1.165) is 44.2 Å². The molecule has 1 heterocycles. The van der Waals surface area contributed by atoms with Gasteiger partial charge >= 0.3 is 5.97 Å². The van der Waals surface area contributed by atoms with Crippen LogP contribution in [-0.4, -0.2) is 60.9 Å². The summed E-state index contributed by atoms with van der Waals surface area (Å²) >= 11 is 0. The fourth-order valence-corrected chi connectivity index (χ4v) is 9.29. The molecule has 4 aliphatic carbocycles. The molecular weight excluding hydrogens is 430 g/mol. The van der Waals surface area contributed by atoms with Gasteiger partial charge in [0, 0.05) is 25.0 Å². The Kier molecular flexibility index (Phi) is 5.89. The smallest absolute Gasteiger partial charge is 0.315 e. The highest BCUT2D eigenvalue weighted by atomic mass is 16.7. The van der Waals surface area contributed by atoms with Gasteiger partial charge in [0.1, 0.15) is 11.7 Å². The molecule has 0 spiro atoms. The Labute approximate surface area is 203 Å². The first-order chi connectivity index (χ1) is 16.2. The van der Waals surface area contributed by atoms with Crippen molar-refractivity contribution < 1.29 is 24.2 Å². The van der Waals surface area contributed by atoms with Crippen molar-refractivity contribution in [2.24, 2.45) is 45.8 Å². The highest BCUT2D eigenvalue weighted by Crippen LogP contribution is 2.82. The Bertz CT molecular complexity index is 899. The number of aldehydes is 1. The number of carboxylic acids is 1. The van der Waals surface area contributed by atoms with Gasteiger partial charge in [-0.1, -0.05) is 44.9 Å². The minimum absolute atomic E-state index is 0.0361. The molecule has 188 valence electrons. The number of rotatable bonds is 8. The highest BCUT2D eigenvalue weighted by molar-refractivity contribution is 5.90. The van der Waals surface area contributed by atoms with Crippen LogP contribution in [0.2, 0.25) is 0 Å². The molecule has 4 bridgehead atoms. The van der Waals surface area contributed by atoms with Crippen molar-refractivity contribution in [1.29, 1.82) is 0 Å². The molecule has 3 saturated carbocycles. The number of carboxylic acid groups (broad SMARTS) is 1. The topological polar surface area (TPSA) is 76.1 Å². The van der Waals surface area contributed by atoms with E-state index < -0.39 is 28.5 Å². The molecule has 0 radical (unpaired) electrons. The fraction of sp³-hybridized carbons (Fsp3) is 0.786. The maximum Gasteiger partial charge on any atom is 0.315 e. The van der Waals surface area contributed by atoms with Crippen LogP contribution in [0.15, 0.2) is 24.3 Å². The third-order valence-corrected chi connectivity index (χ3v) is 10.3. The molecule has 6 heteroatoms. The average Bonchev–Trinajstić information content (AvgIpc) is 3.35. The van der Waals surface area contributed by atoms with E-state index in [0.29, 0.717) is 31.4 Å². The van der Waals surface area contributed by atoms with Gasteiger partial charge in [-0.3, -0.25) is 9.69 Å². The lowest BCUT2D eigenvalue weighted by Gasteiger charge is -2.58. The van der Waals surface area contributed by atoms with Crippen LogP contribution in [0.3, 0.4) is 0 Å². The first-order valence-electron chi connectivity index (χ1n) is 13.2. The molecule has 0 aromatic rings. The van der Waals surface area contributed by atoms with Crippen LogP contribution in [0, 0.1) is 45.8 Å². The Morgan fingerprint density at radius 2 is 2.09 bits per heavy atom. The van der Waals surface area contributed by atoms with E-state index in [4.69, 9.17) is 9.47 Å². The number of hydrogen-bond acceptors (Lipinski definition) is 5. The predicted molar refractivity (Wildman–Crippen MR) is 129 cm³/mol. The largest absolute Gasteiger partial charge is 0.481 e. The molecule has 0 aromatic heterocycles. The van der Waals surface area contributed by atoms with E-state index in [1.54, 1.807) is 0 Å². The lowest BCUT2D eigenvalue weighted by atomic mass is 9.43. The third kappa shape index (κ3) is 2.91. The monoisotopic (exact) mass is 471 g/mol. The Hall–Kier alpha value is -1.50. The Balaban J connectivity index is 1.55.